The number of carboxylic acids is 1. The zero-order chi connectivity index (χ0) is 19.6. The van der Waals surface area contributed by atoms with Gasteiger partial charge in [-0.05, 0) is 24.6 Å². The highest BCUT2D eigenvalue weighted by atomic mass is 32.1. The molecule has 2 N–H and O–H groups in total. The molecule has 0 unspecified atom stereocenters. The Bertz CT molecular complexity index is 895. The number of nitrogens with one attached hydrogen (secondary N) is 1. The van der Waals surface area contributed by atoms with Crippen LogP contribution in [0.5, 0.6) is 5.75 Å². The number of hydrogen-bond acceptors (Lipinski definition) is 6. The molecule has 1 aliphatic heterocycles. The van der Waals surface area contributed by atoms with Gasteiger partial charge in [-0.25, -0.2) is 9.78 Å². The zero-order valence-corrected chi connectivity index (χ0v) is 15.7. The quantitative estimate of drug-likeness (QED) is 0.780. The average molecular weight is 389 g/mol. The number of amides is 2. The van der Waals surface area contributed by atoms with E-state index in [2.05, 4.69) is 10.3 Å². The highest BCUT2D eigenvalue weighted by Crippen LogP contribution is 2.33. The molecule has 27 heavy (non-hydrogen) atoms. The molecule has 0 saturated carbocycles. The third kappa shape index (κ3) is 4.08. The van der Waals surface area contributed by atoms with Crippen molar-refractivity contribution in [2.45, 2.75) is 19.9 Å². The van der Waals surface area contributed by atoms with E-state index in [0.717, 1.165) is 5.56 Å². The minimum absolute atomic E-state index is 0.0435. The molecule has 0 spiro atoms. The van der Waals surface area contributed by atoms with Crippen molar-refractivity contribution >= 4 is 34.8 Å². The Hall–Kier alpha value is -2.94. The van der Waals surface area contributed by atoms with Gasteiger partial charge in [0.2, 0.25) is 11.8 Å². The van der Waals surface area contributed by atoms with Gasteiger partial charge in [-0.3, -0.25) is 9.59 Å². The van der Waals surface area contributed by atoms with Gasteiger partial charge in [0.1, 0.15) is 10.8 Å². The first-order valence-electron chi connectivity index (χ1n) is 8.29. The minimum atomic E-state index is -1.10. The molecule has 2 heterocycles. The number of ether oxygens (including phenoxy) is 1. The SMILES string of the molecule is COc1ccc(C)cc1N1C[C@H](C(=O)NCc2nc(C(=O)O)cs2)CC1=O. The summed E-state index contributed by atoms with van der Waals surface area (Å²) in [5.74, 6) is -1.40. The van der Waals surface area contributed by atoms with Crippen LogP contribution in [0.2, 0.25) is 0 Å². The lowest BCUT2D eigenvalue weighted by atomic mass is 10.1. The van der Waals surface area contributed by atoms with E-state index in [-0.39, 0.29) is 37.0 Å². The van der Waals surface area contributed by atoms with Crippen molar-refractivity contribution in [3.8, 4) is 5.75 Å². The molecule has 0 bridgehead atoms. The van der Waals surface area contributed by atoms with Crippen molar-refractivity contribution in [2.24, 2.45) is 5.92 Å². The molecule has 8 nitrogen and oxygen atoms in total. The Morgan fingerprint density at radius 3 is 2.89 bits per heavy atom. The van der Waals surface area contributed by atoms with Crippen molar-refractivity contribution in [3.63, 3.8) is 0 Å². The number of carbonyl (C=O) groups is 3. The van der Waals surface area contributed by atoms with E-state index in [1.54, 1.807) is 11.0 Å². The van der Waals surface area contributed by atoms with Crippen LogP contribution in [-0.2, 0) is 16.1 Å². The molecule has 0 aliphatic carbocycles. The van der Waals surface area contributed by atoms with Crippen LogP contribution in [0.1, 0.15) is 27.5 Å². The van der Waals surface area contributed by atoms with E-state index in [1.165, 1.54) is 23.8 Å². The Morgan fingerprint density at radius 2 is 2.22 bits per heavy atom. The normalized spacial score (nSPS) is 16.4. The van der Waals surface area contributed by atoms with Crippen LogP contribution >= 0.6 is 11.3 Å². The van der Waals surface area contributed by atoms with E-state index >= 15 is 0 Å². The van der Waals surface area contributed by atoms with E-state index in [9.17, 15) is 14.4 Å². The van der Waals surface area contributed by atoms with Gasteiger partial charge in [-0.15, -0.1) is 11.3 Å². The van der Waals surface area contributed by atoms with E-state index < -0.39 is 11.9 Å². The summed E-state index contributed by atoms with van der Waals surface area (Å²) in [6.45, 7) is 2.32. The molecule has 3 rings (SSSR count). The highest BCUT2D eigenvalue weighted by Gasteiger charge is 2.36. The Morgan fingerprint density at radius 1 is 1.44 bits per heavy atom. The van der Waals surface area contributed by atoms with Crippen LogP contribution in [-0.4, -0.2) is 41.5 Å². The van der Waals surface area contributed by atoms with Crippen LogP contribution in [0.3, 0.4) is 0 Å². The van der Waals surface area contributed by atoms with Crippen molar-refractivity contribution in [2.75, 3.05) is 18.6 Å². The number of nitrogens with zero attached hydrogens (tertiary/aromatic N) is 2. The van der Waals surface area contributed by atoms with Gasteiger partial charge in [-0.2, -0.15) is 0 Å². The Balaban J connectivity index is 1.65. The molecule has 142 valence electrons. The van der Waals surface area contributed by atoms with E-state index in [0.29, 0.717) is 16.4 Å². The second-order valence-electron chi connectivity index (χ2n) is 6.23. The summed E-state index contributed by atoms with van der Waals surface area (Å²) in [6.07, 6.45) is 0.112. The summed E-state index contributed by atoms with van der Waals surface area (Å²) in [6, 6.07) is 5.56. The van der Waals surface area contributed by atoms with Gasteiger partial charge in [0.05, 0.1) is 25.3 Å². The number of carbonyl (C=O) groups excluding carboxylic acids is 2. The predicted octanol–water partition coefficient (Wildman–Crippen LogP) is 1.83. The molecule has 9 heteroatoms. The number of aryl methyl sites for hydroxylation is 1. The van der Waals surface area contributed by atoms with Crippen LogP contribution in [0.15, 0.2) is 23.6 Å². The van der Waals surface area contributed by atoms with Gasteiger partial charge in [-0.1, -0.05) is 6.07 Å². The third-order valence-corrected chi connectivity index (χ3v) is 5.15. The van der Waals surface area contributed by atoms with Crippen LogP contribution in [0.4, 0.5) is 5.69 Å². The maximum atomic E-state index is 12.4. The lowest BCUT2D eigenvalue weighted by molar-refractivity contribution is -0.126. The van der Waals surface area contributed by atoms with Gasteiger partial charge in [0.15, 0.2) is 5.69 Å². The number of aromatic carboxylic acids is 1. The molecule has 1 aliphatic rings. The fourth-order valence-corrected chi connectivity index (χ4v) is 3.63. The van der Waals surface area contributed by atoms with E-state index in [4.69, 9.17) is 9.84 Å². The molecule has 0 radical (unpaired) electrons. The summed E-state index contributed by atoms with van der Waals surface area (Å²) in [4.78, 5) is 41.2. The van der Waals surface area contributed by atoms with Gasteiger partial charge in [0.25, 0.3) is 0 Å². The van der Waals surface area contributed by atoms with Gasteiger partial charge < -0.3 is 20.1 Å². The number of hydrogen-bond donors (Lipinski definition) is 2. The summed E-state index contributed by atoms with van der Waals surface area (Å²) >= 11 is 1.17. The standard InChI is InChI=1S/C18H19N3O5S/c1-10-3-4-14(26-2)13(5-10)21-8-11(6-16(21)22)17(23)19-7-15-20-12(9-27-15)18(24)25/h3-5,9,11H,6-8H2,1-2H3,(H,19,23)(H,24,25)/t11-/m1/s1. The Labute approximate surface area is 159 Å². The number of carboxylic acid groups (broad SMARTS) is 1. The second kappa shape index (κ2) is 7.75. The van der Waals surface area contributed by atoms with Crippen LogP contribution in [0, 0.1) is 12.8 Å². The largest absolute Gasteiger partial charge is 0.495 e. The highest BCUT2D eigenvalue weighted by molar-refractivity contribution is 7.09. The van der Waals surface area contributed by atoms with Crippen molar-refractivity contribution in [1.82, 2.24) is 10.3 Å². The summed E-state index contributed by atoms with van der Waals surface area (Å²) < 4.78 is 5.33. The molecule has 1 aromatic carbocycles. The molecular weight excluding hydrogens is 370 g/mol. The van der Waals surface area contributed by atoms with Crippen molar-refractivity contribution in [3.05, 3.63) is 39.8 Å². The molecule has 2 amide bonds. The topological polar surface area (TPSA) is 109 Å². The molecule has 2 aromatic rings. The lowest BCUT2D eigenvalue weighted by Gasteiger charge is -2.20. The molecule has 1 atom stereocenters. The minimum Gasteiger partial charge on any atom is -0.495 e. The maximum absolute atomic E-state index is 12.4. The van der Waals surface area contributed by atoms with Crippen LogP contribution in [0.25, 0.3) is 0 Å². The van der Waals surface area contributed by atoms with Crippen molar-refractivity contribution < 1.29 is 24.2 Å². The van der Waals surface area contributed by atoms with Crippen molar-refractivity contribution in [1.29, 1.82) is 0 Å². The number of benzene rings is 1. The Kier molecular flexibility index (Phi) is 5.41. The summed E-state index contributed by atoms with van der Waals surface area (Å²) in [5.41, 5.74) is 1.60. The molecule has 1 fully saturated rings. The first kappa shape index (κ1) is 18.8. The molecular formula is C18H19N3O5S. The smallest absolute Gasteiger partial charge is 0.355 e. The fourth-order valence-electron chi connectivity index (χ4n) is 2.92. The number of anilines is 1. The number of thiazole rings is 1. The number of methoxy groups -OCH3 is 1. The fraction of sp³-hybridized carbons (Fsp3) is 0.333. The molecule has 1 aromatic heterocycles. The first-order chi connectivity index (χ1) is 12.9. The second-order valence-corrected chi connectivity index (χ2v) is 7.17. The van der Waals surface area contributed by atoms with Gasteiger partial charge >= 0.3 is 5.97 Å². The third-order valence-electron chi connectivity index (χ3n) is 4.31. The summed E-state index contributed by atoms with van der Waals surface area (Å²) in [7, 11) is 1.54. The van der Waals surface area contributed by atoms with Gasteiger partial charge in [0, 0.05) is 18.3 Å². The number of aromatic nitrogens is 1. The van der Waals surface area contributed by atoms with Crippen LogP contribution < -0.4 is 15.0 Å². The zero-order valence-electron chi connectivity index (χ0n) is 14.9. The predicted molar refractivity (Wildman–Crippen MR) is 99.1 cm³/mol. The molecule has 1 saturated heterocycles. The summed E-state index contributed by atoms with van der Waals surface area (Å²) in [5, 5.41) is 13.5. The lowest BCUT2D eigenvalue weighted by Crippen LogP contribution is -2.32. The average Bonchev–Trinajstić information content (AvgIpc) is 3.26. The van der Waals surface area contributed by atoms with E-state index in [1.807, 2.05) is 19.1 Å². The monoisotopic (exact) mass is 389 g/mol. The maximum Gasteiger partial charge on any atom is 0.355 e. The first-order valence-corrected chi connectivity index (χ1v) is 9.17. The number of rotatable bonds is 6.